The zero-order chi connectivity index (χ0) is 22.7. The number of halogens is 2. The van der Waals surface area contributed by atoms with Crippen LogP contribution in [0.3, 0.4) is 0 Å². The van der Waals surface area contributed by atoms with Gasteiger partial charge in [-0.05, 0) is 29.8 Å². The van der Waals surface area contributed by atoms with Crippen LogP contribution >= 0.6 is 35.3 Å². The lowest BCUT2D eigenvalue weighted by Gasteiger charge is -2.29. The van der Waals surface area contributed by atoms with Gasteiger partial charge in [-0.15, -0.1) is 12.4 Å². The van der Waals surface area contributed by atoms with Crippen LogP contribution < -0.4 is 4.90 Å². The Hall–Kier alpha value is -1.75. The largest absolute Gasteiger partial charge is 0.379 e. The maximum Gasteiger partial charge on any atom is 0.233 e. The number of fused-ring (bicyclic) bond motifs is 1. The number of hydrogen-bond acceptors (Lipinski definition) is 7. The minimum atomic E-state index is -3.44. The maximum absolute atomic E-state index is 13.3. The molecule has 2 aromatic carbocycles. The molecule has 0 spiro atoms. The molecule has 1 aliphatic heterocycles. The summed E-state index contributed by atoms with van der Waals surface area (Å²) in [4.78, 5) is 22.0. The van der Waals surface area contributed by atoms with E-state index in [0.29, 0.717) is 42.0 Å². The van der Waals surface area contributed by atoms with Crippen molar-refractivity contribution in [3.05, 3.63) is 53.1 Å². The Labute approximate surface area is 208 Å². The summed E-state index contributed by atoms with van der Waals surface area (Å²) in [6.45, 7) is 4.13. The highest BCUT2D eigenvalue weighted by atomic mass is 35.5. The van der Waals surface area contributed by atoms with Crippen molar-refractivity contribution in [1.29, 1.82) is 0 Å². The van der Waals surface area contributed by atoms with E-state index < -0.39 is 9.84 Å². The summed E-state index contributed by atoms with van der Waals surface area (Å²) in [7, 11) is -3.44. The predicted octanol–water partition coefficient (Wildman–Crippen LogP) is 3.68. The molecule has 1 aromatic heterocycles. The molecule has 0 unspecified atom stereocenters. The molecule has 0 saturated carbocycles. The second-order valence-corrected chi connectivity index (χ2v) is 11.1. The summed E-state index contributed by atoms with van der Waals surface area (Å²) in [5.74, 6) is -0.0967. The van der Waals surface area contributed by atoms with E-state index in [1.165, 1.54) is 17.6 Å². The number of carbonyl (C=O) groups excluding carboxylic acids is 1. The molecule has 0 aliphatic carbocycles. The molecular formula is C22H25Cl2N3O4S2. The van der Waals surface area contributed by atoms with Gasteiger partial charge in [0.2, 0.25) is 5.91 Å². The van der Waals surface area contributed by atoms with Crippen molar-refractivity contribution in [3.8, 4) is 0 Å². The number of nitrogens with zero attached hydrogens (tertiary/aromatic N) is 3. The van der Waals surface area contributed by atoms with Gasteiger partial charge >= 0.3 is 0 Å². The Morgan fingerprint density at radius 3 is 2.55 bits per heavy atom. The van der Waals surface area contributed by atoms with Crippen LogP contribution in [0.15, 0.2) is 47.4 Å². The number of hydrogen-bond donors (Lipinski definition) is 0. The second-order valence-electron chi connectivity index (χ2n) is 7.67. The van der Waals surface area contributed by atoms with Gasteiger partial charge in [0.15, 0.2) is 15.0 Å². The summed E-state index contributed by atoms with van der Waals surface area (Å²) >= 11 is 7.30. The van der Waals surface area contributed by atoms with Crippen LogP contribution in [-0.4, -0.2) is 69.9 Å². The van der Waals surface area contributed by atoms with Crippen LogP contribution in [0.1, 0.15) is 5.56 Å². The minimum absolute atomic E-state index is 0. The van der Waals surface area contributed by atoms with Crippen molar-refractivity contribution in [2.45, 2.75) is 11.3 Å². The van der Waals surface area contributed by atoms with Crippen molar-refractivity contribution >= 4 is 66.4 Å². The molecule has 2 heterocycles. The van der Waals surface area contributed by atoms with Crippen LogP contribution in [0.2, 0.25) is 5.02 Å². The fourth-order valence-electron chi connectivity index (χ4n) is 3.59. The normalized spacial score (nSPS) is 14.7. The summed E-state index contributed by atoms with van der Waals surface area (Å²) in [6, 6.07) is 12.3. The van der Waals surface area contributed by atoms with Crippen LogP contribution in [0, 0.1) is 0 Å². The summed E-state index contributed by atoms with van der Waals surface area (Å²) < 4.78 is 30.6. The van der Waals surface area contributed by atoms with E-state index in [0.717, 1.165) is 23.4 Å². The molecule has 1 fully saturated rings. The molecule has 11 heteroatoms. The standard InChI is InChI=1S/C22H24ClN3O4S2.ClH/c1-32(28,29)19-4-2-3-18-21(19)24-22(31-18)26(10-9-25-11-13-30-14-12-25)20(27)15-16-5-7-17(23)8-6-16;/h2-8H,9-15H2,1H3;1H. The molecule has 7 nitrogen and oxygen atoms in total. The van der Waals surface area contributed by atoms with Crippen molar-refractivity contribution in [1.82, 2.24) is 9.88 Å². The van der Waals surface area contributed by atoms with E-state index in [2.05, 4.69) is 9.88 Å². The molecule has 1 saturated heterocycles. The van der Waals surface area contributed by atoms with Gasteiger partial charge in [0.1, 0.15) is 5.52 Å². The van der Waals surface area contributed by atoms with Crippen molar-refractivity contribution in [3.63, 3.8) is 0 Å². The van der Waals surface area contributed by atoms with Gasteiger partial charge < -0.3 is 4.74 Å². The zero-order valence-electron chi connectivity index (χ0n) is 18.1. The Morgan fingerprint density at radius 2 is 1.88 bits per heavy atom. The minimum Gasteiger partial charge on any atom is -0.379 e. The fraction of sp³-hybridized carbons (Fsp3) is 0.364. The highest BCUT2D eigenvalue weighted by Crippen LogP contribution is 2.33. The lowest BCUT2D eigenvalue weighted by atomic mass is 10.1. The summed E-state index contributed by atoms with van der Waals surface area (Å²) in [5, 5.41) is 1.12. The second kappa shape index (κ2) is 11.1. The van der Waals surface area contributed by atoms with Gasteiger partial charge in [0, 0.05) is 37.5 Å². The van der Waals surface area contributed by atoms with E-state index in [4.69, 9.17) is 16.3 Å². The van der Waals surface area contributed by atoms with E-state index >= 15 is 0 Å². The topological polar surface area (TPSA) is 79.8 Å². The lowest BCUT2D eigenvalue weighted by Crippen LogP contribution is -2.43. The molecule has 4 rings (SSSR count). The number of carbonyl (C=O) groups is 1. The maximum atomic E-state index is 13.3. The molecule has 178 valence electrons. The van der Waals surface area contributed by atoms with Crippen LogP contribution in [0.4, 0.5) is 5.13 Å². The Kier molecular flexibility index (Phi) is 8.71. The fourth-order valence-corrected chi connectivity index (χ4v) is 5.65. The van der Waals surface area contributed by atoms with Gasteiger partial charge in [0.05, 0.1) is 29.2 Å². The van der Waals surface area contributed by atoms with Crippen LogP contribution in [0.5, 0.6) is 0 Å². The molecular weight excluding hydrogens is 505 g/mol. The van der Waals surface area contributed by atoms with Crippen molar-refractivity contribution in [2.75, 3.05) is 50.5 Å². The third-order valence-electron chi connectivity index (χ3n) is 5.31. The molecule has 33 heavy (non-hydrogen) atoms. The van der Waals surface area contributed by atoms with E-state index in [1.807, 2.05) is 18.2 Å². The first-order valence-electron chi connectivity index (χ1n) is 10.3. The number of sulfone groups is 1. The zero-order valence-corrected chi connectivity index (χ0v) is 21.3. The monoisotopic (exact) mass is 529 g/mol. The predicted molar refractivity (Wildman–Crippen MR) is 135 cm³/mol. The molecule has 1 amide bonds. The molecule has 1 aliphatic rings. The molecule has 3 aromatic rings. The van der Waals surface area contributed by atoms with Crippen molar-refractivity contribution < 1.29 is 17.9 Å². The average molecular weight is 530 g/mol. The molecule has 0 N–H and O–H groups in total. The van der Waals surface area contributed by atoms with Crippen molar-refractivity contribution in [2.24, 2.45) is 0 Å². The Bertz CT molecular complexity index is 1210. The quantitative estimate of drug-likeness (QED) is 0.464. The van der Waals surface area contributed by atoms with E-state index in [1.54, 1.807) is 29.2 Å². The van der Waals surface area contributed by atoms with Crippen LogP contribution in [0.25, 0.3) is 10.2 Å². The third-order valence-corrected chi connectivity index (χ3v) is 7.74. The number of thiazole rings is 1. The first-order chi connectivity index (χ1) is 15.3. The van der Waals surface area contributed by atoms with Gasteiger partial charge in [-0.3, -0.25) is 14.6 Å². The molecule has 0 radical (unpaired) electrons. The highest BCUT2D eigenvalue weighted by molar-refractivity contribution is 7.91. The summed E-state index contributed by atoms with van der Waals surface area (Å²) in [6.07, 6.45) is 1.37. The number of amides is 1. The highest BCUT2D eigenvalue weighted by Gasteiger charge is 2.24. The number of rotatable bonds is 7. The molecule has 0 atom stereocenters. The smallest absolute Gasteiger partial charge is 0.233 e. The number of anilines is 1. The van der Waals surface area contributed by atoms with Crippen LogP contribution in [-0.2, 0) is 25.8 Å². The van der Waals surface area contributed by atoms with Gasteiger partial charge in [-0.2, -0.15) is 0 Å². The van der Waals surface area contributed by atoms with E-state index in [9.17, 15) is 13.2 Å². The number of aromatic nitrogens is 1. The van der Waals surface area contributed by atoms with Gasteiger partial charge in [0.25, 0.3) is 0 Å². The van der Waals surface area contributed by atoms with Gasteiger partial charge in [-0.1, -0.05) is 41.1 Å². The third kappa shape index (κ3) is 6.44. The number of para-hydroxylation sites is 1. The Morgan fingerprint density at radius 1 is 1.18 bits per heavy atom. The number of ether oxygens (including phenoxy) is 1. The Balaban J connectivity index is 0.00000306. The average Bonchev–Trinajstić information content (AvgIpc) is 3.19. The lowest BCUT2D eigenvalue weighted by molar-refractivity contribution is -0.118. The molecule has 0 bridgehead atoms. The van der Waals surface area contributed by atoms with E-state index in [-0.39, 0.29) is 29.6 Å². The summed E-state index contributed by atoms with van der Waals surface area (Å²) in [5.41, 5.74) is 1.26. The van der Waals surface area contributed by atoms with Gasteiger partial charge in [-0.25, -0.2) is 13.4 Å². The first-order valence-corrected chi connectivity index (χ1v) is 13.3. The first kappa shape index (κ1) is 25.9. The number of morpholine rings is 1. The number of benzene rings is 2. The SMILES string of the molecule is CS(=O)(=O)c1cccc2sc(N(CCN3CCOCC3)C(=O)Cc3ccc(Cl)cc3)nc12.Cl.